The van der Waals surface area contributed by atoms with E-state index in [9.17, 15) is 4.79 Å². The molecule has 1 amide bonds. The molecule has 0 aliphatic carbocycles. The number of nitrogens with one attached hydrogen (secondary N) is 1. The number of rotatable bonds is 5. The Morgan fingerprint density at radius 2 is 2.16 bits per heavy atom. The Morgan fingerprint density at radius 1 is 1.36 bits per heavy atom. The van der Waals surface area contributed by atoms with E-state index in [4.69, 9.17) is 9.47 Å². The number of aromatic nitrogens is 2. The van der Waals surface area contributed by atoms with Crippen LogP contribution in [0.25, 0.3) is 0 Å². The zero-order valence-corrected chi connectivity index (χ0v) is 14.4. The number of aryl methyl sites for hydroxylation is 1. The lowest BCUT2D eigenvalue weighted by Gasteiger charge is -2.42. The minimum atomic E-state index is -0.151. The van der Waals surface area contributed by atoms with Gasteiger partial charge in [-0.1, -0.05) is 6.07 Å². The molecule has 1 fully saturated rings. The Balaban J connectivity index is 1.27. The third-order valence-electron chi connectivity index (χ3n) is 4.83. The van der Waals surface area contributed by atoms with Gasteiger partial charge in [-0.3, -0.25) is 14.4 Å². The number of likely N-dealkylation sites (tertiary alicyclic amines) is 1. The van der Waals surface area contributed by atoms with Gasteiger partial charge in [-0.15, -0.1) is 0 Å². The molecule has 7 heteroatoms. The van der Waals surface area contributed by atoms with Crippen LogP contribution in [-0.4, -0.2) is 46.5 Å². The second-order valence-corrected chi connectivity index (χ2v) is 6.69. The molecule has 7 nitrogen and oxygen atoms in total. The molecule has 2 aliphatic heterocycles. The molecule has 1 atom stereocenters. The second-order valence-electron chi connectivity index (χ2n) is 6.69. The van der Waals surface area contributed by atoms with E-state index in [0.717, 1.165) is 35.7 Å². The number of fused-ring (bicyclic) bond motifs is 1. The van der Waals surface area contributed by atoms with Gasteiger partial charge in [0.25, 0.3) is 0 Å². The Hall–Kier alpha value is -2.54. The van der Waals surface area contributed by atoms with E-state index >= 15 is 0 Å². The van der Waals surface area contributed by atoms with Crippen LogP contribution in [0.5, 0.6) is 11.5 Å². The van der Waals surface area contributed by atoms with Crippen LogP contribution in [0.4, 0.5) is 0 Å². The molecule has 0 saturated carbocycles. The van der Waals surface area contributed by atoms with E-state index in [2.05, 4.69) is 15.3 Å². The molecule has 132 valence electrons. The van der Waals surface area contributed by atoms with Crippen molar-refractivity contribution in [2.75, 3.05) is 19.9 Å². The molecule has 0 bridgehead atoms. The quantitative estimate of drug-likeness (QED) is 0.891. The number of hydrogen-bond donors (Lipinski definition) is 1. The molecular formula is C18H22N4O3. The summed E-state index contributed by atoms with van der Waals surface area (Å²) in [4.78, 5) is 14.6. The maximum Gasteiger partial charge on any atom is 0.237 e. The van der Waals surface area contributed by atoms with E-state index in [-0.39, 0.29) is 18.7 Å². The molecule has 0 spiro atoms. The first-order valence-corrected chi connectivity index (χ1v) is 8.51. The average Bonchev–Trinajstić information content (AvgIpc) is 3.19. The first-order chi connectivity index (χ1) is 12.1. The van der Waals surface area contributed by atoms with Crippen LogP contribution in [0.2, 0.25) is 0 Å². The number of amides is 1. The predicted molar refractivity (Wildman–Crippen MR) is 91.4 cm³/mol. The van der Waals surface area contributed by atoms with Crippen molar-refractivity contribution in [3.05, 3.63) is 41.7 Å². The lowest BCUT2D eigenvalue weighted by atomic mass is 10.1. The van der Waals surface area contributed by atoms with Crippen molar-refractivity contribution in [2.45, 2.75) is 32.5 Å². The number of hydrogen-bond acceptors (Lipinski definition) is 5. The fourth-order valence-corrected chi connectivity index (χ4v) is 3.16. The fourth-order valence-electron chi connectivity index (χ4n) is 3.16. The van der Waals surface area contributed by atoms with Crippen LogP contribution in [0, 0.1) is 6.92 Å². The van der Waals surface area contributed by atoms with Crippen molar-refractivity contribution < 1.29 is 14.3 Å². The molecule has 25 heavy (non-hydrogen) atoms. The van der Waals surface area contributed by atoms with Crippen LogP contribution >= 0.6 is 0 Å². The van der Waals surface area contributed by atoms with Gasteiger partial charge in [-0.05, 0) is 37.1 Å². The van der Waals surface area contributed by atoms with Gasteiger partial charge in [0, 0.05) is 25.8 Å². The normalized spacial score (nSPS) is 18.0. The van der Waals surface area contributed by atoms with Crippen molar-refractivity contribution in [2.24, 2.45) is 0 Å². The Labute approximate surface area is 146 Å². The first-order valence-electron chi connectivity index (χ1n) is 8.51. The van der Waals surface area contributed by atoms with Gasteiger partial charge >= 0.3 is 0 Å². The highest BCUT2D eigenvalue weighted by atomic mass is 16.7. The highest BCUT2D eigenvalue weighted by Gasteiger charge is 2.34. The Bertz CT molecular complexity index is 782. The van der Waals surface area contributed by atoms with Crippen LogP contribution in [0.15, 0.2) is 30.6 Å². The van der Waals surface area contributed by atoms with Gasteiger partial charge < -0.3 is 14.8 Å². The molecule has 0 unspecified atom stereocenters. The maximum absolute atomic E-state index is 12.4. The summed E-state index contributed by atoms with van der Waals surface area (Å²) in [5.41, 5.74) is 2.16. The Morgan fingerprint density at radius 3 is 2.92 bits per heavy atom. The van der Waals surface area contributed by atoms with Crippen molar-refractivity contribution >= 4 is 5.91 Å². The number of ether oxygens (including phenoxy) is 2. The first kappa shape index (κ1) is 16.0. The third-order valence-corrected chi connectivity index (χ3v) is 4.83. The molecule has 1 saturated heterocycles. The molecule has 4 rings (SSSR count). The zero-order valence-electron chi connectivity index (χ0n) is 14.4. The summed E-state index contributed by atoms with van der Waals surface area (Å²) in [6, 6.07) is 5.93. The minimum absolute atomic E-state index is 0.0350. The van der Waals surface area contributed by atoms with Gasteiger partial charge in [0.15, 0.2) is 11.5 Å². The van der Waals surface area contributed by atoms with E-state index < -0.39 is 0 Å². The summed E-state index contributed by atoms with van der Waals surface area (Å²) < 4.78 is 12.6. The average molecular weight is 342 g/mol. The highest BCUT2D eigenvalue weighted by molar-refractivity contribution is 5.81. The highest BCUT2D eigenvalue weighted by Crippen LogP contribution is 2.32. The van der Waals surface area contributed by atoms with Crippen LogP contribution < -0.4 is 14.8 Å². The molecule has 1 aromatic carbocycles. The molecular weight excluding hydrogens is 320 g/mol. The number of benzene rings is 1. The van der Waals surface area contributed by atoms with Gasteiger partial charge in [0.2, 0.25) is 12.7 Å². The molecule has 1 aromatic heterocycles. The maximum atomic E-state index is 12.4. The van der Waals surface area contributed by atoms with Gasteiger partial charge in [0.1, 0.15) is 0 Å². The number of nitrogens with zero attached hydrogens (tertiary/aromatic N) is 3. The smallest absolute Gasteiger partial charge is 0.237 e. The second kappa shape index (κ2) is 6.40. The van der Waals surface area contributed by atoms with Crippen molar-refractivity contribution in [3.8, 4) is 11.5 Å². The Kier molecular flexibility index (Phi) is 4.09. The SMILES string of the molecule is Cc1cnn(C2CN([C@H](C)C(=O)NCc3ccc4c(c3)OCO4)C2)c1. The van der Waals surface area contributed by atoms with E-state index in [0.29, 0.717) is 12.6 Å². The van der Waals surface area contributed by atoms with E-state index in [1.165, 1.54) is 0 Å². The summed E-state index contributed by atoms with van der Waals surface area (Å²) in [6.45, 7) is 6.41. The van der Waals surface area contributed by atoms with Gasteiger partial charge in [0.05, 0.1) is 18.3 Å². The van der Waals surface area contributed by atoms with E-state index in [1.807, 2.05) is 49.1 Å². The predicted octanol–water partition coefficient (Wildman–Crippen LogP) is 1.48. The van der Waals surface area contributed by atoms with Crippen molar-refractivity contribution in [1.29, 1.82) is 0 Å². The number of carbonyl (C=O) groups excluding carboxylic acids is 1. The summed E-state index contributed by atoms with van der Waals surface area (Å²) in [6.07, 6.45) is 3.91. The molecule has 2 aromatic rings. The topological polar surface area (TPSA) is 68.6 Å². The van der Waals surface area contributed by atoms with Crippen LogP contribution in [-0.2, 0) is 11.3 Å². The summed E-state index contributed by atoms with van der Waals surface area (Å²) in [5, 5.41) is 7.35. The summed E-state index contributed by atoms with van der Waals surface area (Å²) in [5.74, 6) is 1.52. The van der Waals surface area contributed by atoms with Crippen LogP contribution in [0.1, 0.15) is 24.1 Å². The molecule has 3 heterocycles. The molecule has 2 aliphatic rings. The molecule has 1 N–H and O–H groups in total. The summed E-state index contributed by atoms with van der Waals surface area (Å²) >= 11 is 0. The van der Waals surface area contributed by atoms with Crippen LogP contribution in [0.3, 0.4) is 0 Å². The van der Waals surface area contributed by atoms with Crippen molar-refractivity contribution in [3.63, 3.8) is 0 Å². The minimum Gasteiger partial charge on any atom is -0.454 e. The van der Waals surface area contributed by atoms with E-state index in [1.54, 1.807) is 0 Å². The van der Waals surface area contributed by atoms with Crippen molar-refractivity contribution in [1.82, 2.24) is 20.0 Å². The lowest BCUT2D eigenvalue weighted by molar-refractivity contribution is -0.128. The number of carbonyl (C=O) groups is 1. The standard InChI is InChI=1S/C18H22N4O3/c1-12-6-20-22(8-12)15-9-21(10-15)13(2)18(23)19-7-14-3-4-16-17(5-14)25-11-24-16/h3-6,8,13,15H,7,9-11H2,1-2H3,(H,19,23)/t13-/m1/s1. The zero-order chi connectivity index (χ0) is 17.4. The lowest BCUT2D eigenvalue weighted by Crippen LogP contribution is -2.56. The van der Waals surface area contributed by atoms with Gasteiger partial charge in [-0.2, -0.15) is 5.10 Å². The third kappa shape index (κ3) is 3.19. The fraction of sp³-hybridized carbons (Fsp3) is 0.444. The van der Waals surface area contributed by atoms with Gasteiger partial charge in [-0.25, -0.2) is 0 Å². The largest absolute Gasteiger partial charge is 0.454 e. The molecule has 0 radical (unpaired) electrons. The summed E-state index contributed by atoms with van der Waals surface area (Å²) in [7, 11) is 0. The monoisotopic (exact) mass is 342 g/mol.